The van der Waals surface area contributed by atoms with E-state index in [9.17, 15) is 34.2 Å². The molecule has 13 heteroatoms. The molecule has 1 aromatic rings. The molecule has 3 aliphatic carbocycles. The summed E-state index contributed by atoms with van der Waals surface area (Å²) in [4.78, 5) is 70.5. The topological polar surface area (TPSA) is 186 Å². The van der Waals surface area contributed by atoms with Crippen molar-refractivity contribution in [1.29, 1.82) is 0 Å². The highest BCUT2D eigenvalue weighted by Gasteiger charge is 2.69. The first-order valence-corrected chi connectivity index (χ1v) is 14.8. The maximum absolute atomic E-state index is 14.0. The Hall–Kier alpha value is -3.07. The number of nitrogens with two attached hydrogens (primary N) is 1. The molecule has 0 bridgehead atoms. The highest BCUT2D eigenvalue weighted by atomic mass is 16.7. The van der Waals surface area contributed by atoms with E-state index in [1.165, 1.54) is 25.2 Å². The molecule has 4 rings (SSSR count). The number of phenolic OH excluding ortho intramolecular Hbond substituents is 1. The number of carbonyl (C=O) groups is 5. The van der Waals surface area contributed by atoms with Crippen LogP contribution in [0.1, 0.15) is 41.3 Å². The number of ether oxygens (including phenoxy) is 3. The van der Waals surface area contributed by atoms with Gasteiger partial charge in [-0.25, -0.2) is 0 Å². The number of likely N-dealkylation sites (N-methyl/N-ethyl adjacent to an activating group) is 1. The van der Waals surface area contributed by atoms with Gasteiger partial charge in [0.05, 0.1) is 23.6 Å². The SMILES string of the molecule is CCC(CN(Cc1ccc(O)c2c1C[C@H]1C[C@H]3[C@@H](N(C)C)C(=O)C(C(N)=O)C(=O)[C@@]3(O)C(=O)C1C2=O)CC(OC)OC)OC. The zero-order chi connectivity index (χ0) is 32.7. The number of benzene rings is 1. The second-order valence-electron chi connectivity index (χ2n) is 12.2. The van der Waals surface area contributed by atoms with E-state index in [1.54, 1.807) is 27.3 Å². The van der Waals surface area contributed by atoms with Gasteiger partial charge in [-0.2, -0.15) is 0 Å². The van der Waals surface area contributed by atoms with Crippen molar-refractivity contribution in [3.63, 3.8) is 0 Å². The number of ketones is 4. The van der Waals surface area contributed by atoms with Crippen LogP contribution < -0.4 is 5.73 Å². The minimum atomic E-state index is -2.76. The summed E-state index contributed by atoms with van der Waals surface area (Å²) >= 11 is 0. The summed E-state index contributed by atoms with van der Waals surface area (Å²) in [5.41, 5.74) is 3.88. The first-order valence-electron chi connectivity index (χ1n) is 14.8. The van der Waals surface area contributed by atoms with Gasteiger partial charge in [-0.1, -0.05) is 13.0 Å². The van der Waals surface area contributed by atoms with E-state index in [0.29, 0.717) is 25.2 Å². The Balaban J connectivity index is 1.77. The molecule has 3 unspecified atom stereocenters. The lowest BCUT2D eigenvalue weighted by atomic mass is 9.52. The summed E-state index contributed by atoms with van der Waals surface area (Å²) in [7, 11) is 7.81. The molecule has 44 heavy (non-hydrogen) atoms. The van der Waals surface area contributed by atoms with Crippen LogP contribution in [-0.2, 0) is 46.4 Å². The lowest BCUT2D eigenvalue weighted by molar-refractivity contribution is -0.181. The summed E-state index contributed by atoms with van der Waals surface area (Å²) in [5, 5.41) is 22.6. The van der Waals surface area contributed by atoms with Gasteiger partial charge < -0.3 is 30.2 Å². The molecule has 13 nitrogen and oxygen atoms in total. The Morgan fingerprint density at radius 1 is 1.07 bits per heavy atom. The van der Waals surface area contributed by atoms with Gasteiger partial charge in [-0.15, -0.1) is 0 Å². The van der Waals surface area contributed by atoms with Gasteiger partial charge in [0.25, 0.3) is 0 Å². The number of fused-ring (bicyclic) bond motifs is 3. The van der Waals surface area contributed by atoms with Crippen LogP contribution in [0.25, 0.3) is 0 Å². The van der Waals surface area contributed by atoms with Crippen molar-refractivity contribution in [1.82, 2.24) is 9.80 Å². The molecule has 0 aliphatic heterocycles. The number of methoxy groups -OCH3 is 3. The largest absolute Gasteiger partial charge is 0.507 e. The maximum atomic E-state index is 14.0. The Labute approximate surface area is 256 Å². The van der Waals surface area contributed by atoms with Crippen molar-refractivity contribution in [2.45, 2.75) is 56.8 Å². The van der Waals surface area contributed by atoms with E-state index >= 15 is 0 Å². The minimum Gasteiger partial charge on any atom is -0.507 e. The second-order valence-corrected chi connectivity index (χ2v) is 12.2. The van der Waals surface area contributed by atoms with Crippen LogP contribution in [0.15, 0.2) is 12.1 Å². The lowest BCUT2D eigenvalue weighted by Gasteiger charge is -2.52. The second kappa shape index (κ2) is 13.1. The predicted molar refractivity (Wildman–Crippen MR) is 156 cm³/mol. The zero-order valence-electron chi connectivity index (χ0n) is 26.1. The quantitative estimate of drug-likeness (QED) is 0.206. The third-order valence-corrected chi connectivity index (χ3v) is 9.62. The van der Waals surface area contributed by atoms with Gasteiger partial charge in [-0.05, 0) is 56.5 Å². The first-order chi connectivity index (χ1) is 20.8. The van der Waals surface area contributed by atoms with Crippen LogP contribution in [0.4, 0.5) is 0 Å². The predicted octanol–water partition coefficient (Wildman–Crippen LogP) is -0.287. The van der Waals surface area contributed by atoms with E-state index in [0.717, 1.165) is 12.0 Å². The third-order valence-electron chi connectivity index (χ3n) is 9.62. The number of rotatable bonds is 12. The van der Waals surface area contributed by atoms with Gasteiger partial charge in [0.2, 0.25) is 5.91 Å². The monoisotopic (exact) mass is 617 g/mol. The van der Waals surface area contributed by atoms with Crippen molar-refractivity contribution in [2.24, 2.45) is 29.4 Å². The highest BCUT2D eigenvalue weighted by molar-refractivity contribution is 6.32. The Morgan fingerprint density at radius 3 is 2.27 bits per heavy atom. The number of hydrogen-bond donors (Lipinski definition) is 3. The number of aliphatic hydroxyl groups is 1. The van der Waals surface area contributed by atoms with E-state index < -0.39 is 70.6 Å². The van der Waals surface area contributed by atoms with Crippen LogP contribution in [0.5, 0.6) is 5.75 Å². The fourth-order valence-corrected chi connectivity index (χ4v) is 7.38. The van der Waals surface area contributed by atoms with E-state index in [-0.39, 0.29) is 30.3 Å². The van der Waals surface area contributed by atoms with E-state index in [1.807, 2.05) is 6.92 Å². The van der Waals surface area contributed by atoms with Crippen molar-refractivity contribution in [3.8, 4) is 5.75 Å². The number of primary amides is 1. The molecular weight excluding hydrogens is 574 g/mol. The van der Waals surface area contributed by atoms with Crippen LogP contribution in [0, 0.1) is 23.7 Å². The molecule has 1 aromatic carbocycles. The van der Waals surface area contributed by atoms with Crippen molar-refractivity contribution in [2.75, 3.05) is 48.5 Å². The number of phenols is 1. The molecule has 242 valence electrons. The number of hydrogen-bond acceptors (Lipinski definition) is 12. The van der Waals surface area contributed by atoms with Gasteiger partial charge in [-0.3, -0.25) is 33.8 Å². The molecule has 0 spiro atoms. The van der Waals surface area contributed by atoms with Crippen molar-refractivity contribution in [3.05, 3.63) is 28.8 Å². The van der Waals surface area contributed by atoms with Gasteiger partial charge in [0.1, 0.15) is 5.75 Å². The van der Waals surface area contributed by atoms with Crippen LogP contribution in [0.2, 0.25) is 0 Å². The molecule has 1 amide bonds. The van der Waals surface area contributed by atoms with Gasteiger partial charge in [0, 0.05) is 46.9 Å². The standard InChI is InChI=1S/C31H43N3O10/c1-7-17(42-4)13-34(14-21(43-5)44-6)12-15-8-9-20(35)23-18(15)10-16-11-19-25(33(2)3)27(37)24(30(32)40)29(39)31(19,41)28(38)22(16)26(23)36/h8-9,16-17,19,21-22,24-25,35,41H,7,10-14H2,1-6H3,(H2,32,40)/t16-,17?,19-,22?,24?,25+,31-/m0/s1. The van der Waals surface area contributed by atoms with Gasteiger partial charge >= 0.3 is 0 Å². The molecule has 7 atom stereocenters. The maximum Gasteiger partial charge on any atom is 0.235 e. The zero-order valence-corrected chi connectivity index (χ0v) is 26.1. The summed E-state index contributed by atoms with van der Waals surface area (Å²) in [6.45, 7) is 3.25. The molecule has 4 N–H and O–H groups in total. The Bertz CT molecular complexity index is 1310. The first kappa shape index (κ1) is 33.8. The molecule has 2 saturated carbocycles. The number of aromatic hydroxyl groups is 1. The average Bonchev–Trinajstić information content (AvgIpc) is 2.97. The molecule has 0 heterocycles. The number of Topliss-reactive ketones (excluding diaryl/α,β-unsaturated/α-hetero) is 4. The third kappa shape index (κ3) is 5.61. The minimum absolute atomic E-state index is 0.0142. The number of carbonyl (C=O) groups excluding carboxylic acids is 5. The summed E-state index contributed by atoms with van der Waals surface area (Å²) in [6, 6.07) is 1.96. The smallest absolute Gasteiger partial charge is 0.235 e. The normalized spacial score (nSPS) is 29.2. The van der Waals surface area contributed by atoms with E-state index in [2.05, 4.69) is 4.90 Å². The molecule has 0 saturated heterocycles. The van der Waals surface area contributed by atoms with Crippen LogP contribution in [0.3, 0.4) is 0 Å². The van der Waals surface area contributed by atoms with E-state index in [4.69, 9.17) is 19.9 Å². The summed E-state index contributed by atoms with van der Waals surface area (Å²) in [6.07, 6.45) is 0.292. The lowest BCUT2D eigenvalue weighted by Crippen LogP contribution is -2.74. The average molecular weight is 618 g/mol. The molecule has 2 fully saturated rings. The fourth-order valence-electron chi connectivity index (χ4n) is 7.38. The van der Waals surface area contributed by atoms with Crippen LogP contribution >= 0.6 is 0 Å². The Kier molecular flexibility index (Phi) is 10.1. The number of amides is 1. The summed E-state index contributed by atoms with van der Waals surface area (Å²) in [5.74, 6) is -10.7. The van der Waals surface area contributed by atoms with Crippen molar-refractivity contribution >= 4 is 29.0 Å². The molecule has 0 radical (unpaired) electrons. The Morgan fingerprint density at radius 2 is 1.73 bits per heavy atom. The fraction of sp³-hybridized carbons (Fsp3) is 0.645. The molecule has 0 aromatic heterocycles. The van der Waals surface area contributed by atoms with Crippen LogP contribution in [-0.4, -0.2) is 122 Å². The number of nitrogens with zero attached hydrogens (tertiary/aromatic N) is 2. The molecular formula is C31H43N3O10. The molecule has 3 aliphatic rings. The highest BCUT2D eigenvalue weighted by Crippen LogP contribution is 2.51. The summed E-state index contributed by atoms with van der Waals surface area (Å²) < 4.78 is 16.5. The van der Waals surface area contributed by atoms with Crippen molar-refractivity contribution < 1.29 is 48.4 Å². The van der Waals surface area contributed by atoms with Gasteiger partial charge in [0.15, 0.2) is 40.9 Å².